The molecule has 0 radical (unpaired) electrons. The van der Waals surface area contributed by atoms with Crippen LogP contribution in [0.5, 0.6) is 0 Å². The molecule has 0 aliphatic rings. The predicted molar refractivity (Wildman–Crippen MR) is 73.2 cm³/mol. The maximum atomic E-state index is 10.2. The summed E-state index contributed by atoms with van der Waals surface area (Å²) in [6, 6.07) is 7.21. The Kier molecular flexibility index (Phi) is 4.33. The summed E-state index contributed by atoms with van der Waals surface area (Å²) in [5, 5.41) is 11.2. The first kappa shape index (κ1) is 13.5. The third kappa shape index (κ3) is 2.72. The van der Waals surface area contributed by atoms with Crippen molar-refractivity contribution < 1.29 is 9.52 Å². The van der Waals surface area contributed by atoms with Crippen LogP contribution in [0.1, 0.15) is 29.9 Å². The van der Waals surface area contributed by atoms with Crippen LogP contribution in [0.4, 0.5) is 0 Å². The highest BCUT2D eigenvalue weighted by Crippen LogP contribution is 2.30. The van der Waals surface area contributed by atoms with Crippen molar-refractivity contribution >= 4 is 23.2 Å². The molecule has 0 aliphatic carbocycles. The Hall–Kier alpha value is -0.960. The smallest absolute Gasteiger partial charge is 0.109 e. The maximum Gasteiger partial charge on any atom is 0.109 e. The number of benzene rings is 1. The van der Waals surface area contributed by atoms with Gasteiger partial charge in [-0.15, -0.1) is 0 Å². The van der Waals surface area contributed by atoms with Gasteiger partial charge in [0, 0.05) is 18.4 Å². The van der Waals surface area contributed by atoms with Crippen LogP contribution in [-0.2, 0) is 12.8 Å². The molecule has 0 saturated carbocycles. The third-order valence-corrected chi connectivity index (χ3v) is 3.76. The number of hydrogen-bond donors (Lipinski definition) is 1. The van der Waals surface area contributed by atoms with E-state index in [-0.39, 0.29) is 0 Å². The van der Waals surface area contributed by atoms with E-state index in [9.17, 15) is 5.11 Å². The van der Waals surface area contributed by atoms with Crippen molar-refractivity contribution in [2.24, 2.45) is 0 Å². The van der Waals surface area contributed by atoms with E-state index < -0.39 is 6.10 Å². The highest BCUT2D eigenvalue weighted by molar-refractivity contribution is 6.42. The van der Waals surface area contributed by atoms with Crippen molar-refractivity contribution in [3.8, 4) is 0 Å². The first-order valence-electron chi connectivity index (χ1n) is 5.80. The van der Waals surface area contributed by atoms with Crippen LogP contribution in [0.15, 0.2) is 34.9 Å². The second-order valence-electron chi connectivity index (χ2n) is 4.09. The average molecular weight is 285 g/mol. The summed E-state index contributed by atoms with van der Waals surface area (Å²) in [5.41, 5.74) is 1.65. The zero-order valence-corrected chi connectivity index (χ0v) is 11.5. The van der Waals surface area contributed by atoms with E-state index in [1.54, 1.807) is 18.4 Å². The Labute approximate surface area is 116 Å². The van der Waals surface area contributed by atoms with Gasteiger partial charge in [0.15, 0.2) is 0 Å². The van der Waals surface area contributed by atoms with E-state index in [1.165, 1.54) is 0 Å². The van der Waals surface area contributed by atoms with Crippen LogP contribution in [-0.4, -0.2) is 5.11 Å². The molecule has 0 aliphatic heterocycles. The van der Waals surface area contributed by atoms with Gasteiger partial charge in [-0.25, -0.2) is 0 Å². The zero-order valence-electron chi connectivity index (χ0n) is 9.99. The summed E-state index contributed by atoms with van der Waals surface area (Å²) in [6.07, 6.45) is 2.14. The minimum Gasteiger partial charge on any atom is -0.469 e. The van der Waals surface area contributed by atoms with E-state index in [0.29, 0.717) is 16.5 Å². The molecule has 0 spiro atoms. The average Bonchev–Trinajstić information content (AvgIpc) is 2.83. The van der Waals surface area contributed by atoms with Crippen LogP contribution in [0.2, 0.25) is 10.0 Å². The van der Waals surface area contributed by atoms with Gasteiger partial charge in [0.25, 0.3) is 0 Å². The number of rotatable bonds is 4. The first-order valence-corrected chi connectivity index (χ1v) is 6.56. The Morgan fingerprint density at radius 1 is 1.28 bits per heavy atom. The normalized spacial score (nSPS) is 12.7. The largest absolute Gasteiger partial charge is 0.469 e. The van der Waals surface area contributed by atoms with E-state index >= 15 is 0 Å². The minimum absolute atomic E-state index is 0.423. The van der Waals surface area contributed by atoms with Crippen LogP contribution in [0.25, 0.3) is 0 Å². The van der Waals surface area contributed by atoms with Gasteiger partial charge in [0.05, 0.1) is 22.4 Å². The standard InChI is InChI=1S/C14H14Cl2O2/c1-2-13-10(6-7-18-13)12(17)8-9-4-3-5-11(15)14(9)16/h3-7,12,17H,2,8H2,1H3. The quantitative estimate of drug-likeness (QED) is 0.901. The van der Waals surface area contributed by atoms with Crippen molar-refractivity contribution in [1.29, 1.82) is 0 Å². The SMILES string of the molecule is CCc1occc1C(O)Cc1cccc(Cl)c1Cl. The summed E-state index contributed by atoms with van der Waals surface area (Å²) in [5.74, 6) is 0.806. The molecule has 2 nitrogen and oxygen atoms in total. The predicted octanol–water partition coefficient (Wildman–Crippen LogP) is 4.42. The van der Waals surface area contributed by atoms with Gasteiger partial charge < -0.3 is 9.52 Å². The summed E-state index contributed by atoms with van der Waals surface area (Å²) >= 11 is 12.1. The van der Waals surface area contributed by atoms with Gasteiger partial charge in [-0.2, -0.15) is 0 Å². The second-order valence-corrected chi connectivity index (χ2v) is 4.87. The molecule has 0 amide bonds. The molecule has 1 aromatic carbocycles. The monoisotopic (exact) mass is 284 g/mol. The lowest BCUT2D eigenvalue weighted by molar-refractivity contribution is 0.176. The molecule has 0 fully saturated rings. The summed E-state index contributed by atoms with van der Waals surface area (Å²) in [7, 11) is 0. The van der Waals surface area contributed by atoms with E-state index in [4.69, 9.17) is 27.6 Å². The molecule has 1 aromatic heterocycles. The molecule has 1 heterocycles. The Bertz CT molecular complexity index is 534. The molecule has 2 rings (SSSR count). The van der Waals surface area contributed by atoms with Gasteiger partial charge >= 0.3 is 0 Å². The number of furan rings is 1. The molecular formula is C14H14Cl2O2. The van der Waals surface area contributed by atoms with Crippen molar-refractivity contribution in [3.05, 3.63) is 57.5 Å². The molecule has 1 N–H and O–H groups in total. The van der Waals surface area contributed by atoms with Crippen molar-refractivity contribution in [2.45, 2.75) is 25.9 Å². The van der Waals surface area contributed by atoms with E-state index in [1.807, 2.05) is 19.1 Å². The van der Waals surface area contributed by atoms with Gasteiger partial charge in [0.2, 0.25) is 0 Å². The molecule has 2 aromatic rings. The number of aryl methyl sites for hydroxylation is 1. The summed E-state index contributed by atoms with van der Waals surface area (Å²) < 4.78 is 5.31. The second kappa shape index (κ2) is 5.79. The number of halogens is 2. The van der Waals surface area contributed by atoms with E-state index in [2.05, 4.69) is 0 Å². The zero-order chi connectivity index (χ0) is 13.1. The molecule has 96 valence electrons. The van der Waals surface area contributed by atoms with Crippen molar-refractivity contribution in [1.82, 2.24) is 0 Å². The summed E-state index contributed by atoms with van der Waals surface area (Å²) in [4.78, 5) is 0. The highest BCUT2D eigenvalue weighted by atomic mass is 35.5. The minimum atomic E-state index is -0.630. The topological polar surface area (TPSA) is 33.4 Å². The Morgan fingerprint density at radius 2 is 2.06 bits per heavy atom. The lowest BCUT2D eigenvalue weighted by Crippen LogP contribution is -2.03. The fraction of sp³-hybridized carbons (Fsp3) is 0.286. The fourth-order valence-electron chi connectivity index (χ4n) is 1.96. The lowest BCUT2D eigenvalue weighted by Gasteiger charge is -2.12. The highest BCUT2D eigenvalue weighted by Gasteiger charge is 2.16. The lowest BCUT2D eigenvalue weighted by atomic mass is 10.0. The number of aliphatic hydroxyl groups is 1. The van der Waals surface area contributed by atoms with Crippen LogP contribution >= 0.6 is 23.2 Å². The molecule has 0 bridgehead atoms. The first-order chi connectivity index (χ1) is 8.63. The van der Waals surface area contributed by atoms with Crippen LogP contribution < -0.4 is 0 Å². The number of hydrogen-bond acceptors (Lipinski definition) is 2. The van der Waals surface area contributed by atoms with Gasteiger partial charge in [-0.3, -0.25) is 0 Å². The number of aliphatic hydroxyl groups excluding tert-OH is 1. The molecule has 1 unspecified atom stereocenters. The van der Waals surface area contributed by atoms with Crippen LogP contribution in [0.3, 0.4) is 0 Å². The maximum absolute atomic E-state index is 10.2. The summed E-state index contributed by atoms with van der Waals surface area (Å²) in [6.45, 7) is 1.99. The van der Waals surface area contributed by atoms with Gasteiger partial charge in [-0.05, 0) is 17.7 Å². The third-order valence-electron chi connectivity index (χ3n) is 2.90. The Morgan fingerprint density at radius 3 is 2.78 bits per heavy atom. The van der Waals surface area contributed by atoms with Gasteiger partial charge in [0.1, 0.15) is 5.76 Å². The molecule has 1 atom stereocenters. The van der Waals surface area contributed by atoms with Gasteiger partial charge in [-0.1, -0.05) is 42.3 Å². The van der Waals surface area contributed by atoms with E-state index in [0.717, 1.165) is 23.3 Å². The van der Waals surface area contributed by atoms with Crippen LogP contribution in [0, 0.1) is 0 Å². The molecule has 4 heteroatoms. The molecule has 18 heavy (non-hydrogen) atoms. The fourth-order valence-corrected chi connectivity index (χ4v) is 2.36. The molecular weight excluding hydrogens is 271 g/mol. The molecule has 0 saturated heterocycles. The Balaban J connectivity index is 2.21. The van der Waals surface area contributed by atoms with Crippen molar-refractivity contribution in [2.75, 3.05) is 0 Å². The van der Waals surface area contributed by atoms with Crippen molar-refractivity contribution in [3.63, 3.8) is 0 Å².